The quantitative estimate of drug-likeness (QED) is 0.637. The molecule has 0 aromatic heterocycles. The molecule has 8 heavy (non-hydrogen) atoms. The van der Waals surface area contributed by atoms with E-state index in [-0.39, 0.29) is 11.1 Å². The third-order valence-electron chi connectivity index (χ3n) is 0.804. The van der Waals surface area contributed by atoms with Crippen molar-refractivity contribution in [2.75, 3.05) is 5.33 Å². The Balaban J connectivity index is 3.82. The number of halogens is 1. The van der Waals surface area contributed by atoms with E-state index in [2.05, 4.69) is 15.9 Å². The fraction of sp³-hybridized carbons (Fsp3) is 0.800. The van der Waals surface area contributed by atoms with Gasteiger partial charge >= 0.3 is 0 Å². The molecule has 0 aromatic rings. The average Bonchev–Trinajstić information content (AvgIpc) is 1.62. The van der Waals surface area contributed by atoms with Crippen molar-refractivity contribution in [2.45, 2.75) is 19.4 Å². The van der Waals surface area contributed by atoms with Crippen LogP contribution in [0.2, 0.25) is 0 Å². The SMILES string of the molecule is CC(C)(O)C(=O)CBr. The molecule has 0 bridgehead atoms. The Kier molecular flexibility index (Phi) is 2.63. The highest BCUT2D eigenvalue weighted by Crippen LogP contribution is 2.03. The highest BCUT2D eigenvalue weighted by Gasteiger charge is 2.21. The molecule has 0 saturated heterocycles. The Hall–Kier alpha value is 0.110. The lowest BCUT2D eigenvalue weighted by Gasteiger charge is -2.12. The van der Waals surface area contributed by atoms with E-state index in [0.717, 1.165) is 0 Å². The number of alkyl halides is 1. The number of aliphatic hydroxyl groups is 1. The third-order valence-corrected chi connectivity index (χ3v) is 1.31. The largest absolute Gasteiger partial charge is 0.383 e. The number of ketones is 1. The number of hydrogen-bond acceptors (Lipinski definition) is 2. The molecule has 0 aliphatic heterocycles. The van der Waals surface area contributed by atoms with Crippen molar-refractivity contribution in [2.24, 2.45) is 0 Å². The number of Topliss-reactive ketones (excluding diaryl/α,β-unsaturated/α-hetero) is 1. The number of hydrogen-bond donors (Lipinski definition) is 1. The Bertz CT molecular complexity index is 93.1. The summed E-state index contributed by atoms with van der Waals surface area (Å²) < 4.78 is 0. The molecule has 0 atom stereocenters. The first kappa shape index (κ1) is 8.11. The fourth-order valence-electron chi connectivity index (χ4n) is 0.164. The van der Waals surface area contributed by atoms with Crippen LogP contribution < -0.4 is 0 Å². The van der Waals surface area contributed by atoms with E-state index in [0.29, 0.717) is 0 Å². The van der Waals surface area contributed by atoms with Crippen LogP contribution in [0.5, 0.6) is 0 Å². The lowest BCUT2D eigenvalue weighted by atomic mass is 10.1. The van der Waals surface area contributed by atoms with E-state index in [1.54, 1.807) is 0 Å². The molecule has 0 spiro atoms. The van der Waals surface area contributed by atoms with Gasteiger partial charge in [-0.2, -0.15) is 0 Å². The zero-order valence-electron chi connectivity index (χ0n) is 4.94. The van der Waals surface area contributed by atoms with Gasteiger partial charge in [-0.05, 0) is 13.8 Å². The Morgan fingerprint density at radius 3 is 2.12 bits per heavy atom. The molecular formula is C5H9BrO2. The molecule has 1 N–H and O–H groups in total. The highest BCUT2D eigenvalue weighted by molar-refractivity contribution is 9.09. The highest BCUT2D eigenvalue weighted by atomic mass is 79.9. The molecule has 0 aromatic carbocycles. The standard InChI is InChI=1S/C5H9BrO2/c1-5(2,8)4(7)3-6/h8H,3H2,1-2H3. The predicted octanol–water partition coefficient (Wildman–Crippen LogP) is 0.721. The molecule has 0 radical (unpaired) electrons. The minimum absolute atomic E-state index is 0.197. The monoisotopic (exact) mass is 180 g/mol. The smallest absolute Gasteiger partial charge is 0.174 e. The second kappa shape index (κ2) is 2.60. The normalized spacial score (nSPS) is 11.5. The minimum Gasteiger partial charge on any atom is -0.383 e. The van der Waals surface area contributed by atoms with E-state index in [9.17, 15) is 4.79 Å². The molecule has 48 valence electrons. The van der Waals surface area contributed by atoms with Gasteiger partial charge in [0.25, 0.3) is 0 Å². The van der Waals surface area contributed by atoms with E-state index in [1.165, 1.54) is 13.8 Å². The second-order valence-electron chi connectivity index (χ2n) is 2.12. The molecule has 0 amide bonds. The summed E-state index contributed by atoms with van der Waals surface area (Å²) in [7, 11) is 0. The van der Waals surface area contributed by atoms with Crippen LogP contribution in [0.3, 0.4) is 0 Å². The van der Waals surface area contributed by atoms with Crippen molar-refractivity contribution in [3.05, 3.63) is 0 Å². The molecule has 0 aliphatic rings. The fourth-order valence-corrected chi connectivity index (χ4v) is 0.850. The number of rotatable bonds is 2. The first-order chi connectivity index (χ1) is 3.48. The van der Waals surface area contributed by atoms with Crippen LogP contribution in [0.4, 0.5) is 0 Å². The van der Waals surface area contributed by atoms with Gasteiger partial charge in [0.15, 0.2) is 5.78 Å². The maximum atomic E-state index is 10.5. The van der Waals surface area contributed by atoms with Gasteiger partial charge in [-0.15, -0.1) is 0 Å². The van der Waals surface area contributed by atoms with Crippen LogP contribution in [0, 0.1) is 0 Å². The summed E-state index contributed by atoms with van der Waals surface area (Å²) in [6, 6.07) is 0. The zero-order chi connectivity index (χ0) is 6.78. The Morgan fingerprint density at radius 2 is 2.12 bits per heavy atom. The predicted molar refractivity (Wildman–Crippen MR) is 35.1 cm³/mol. The molecule has 0 unspecified atom stereocenters. The van der Waals surface area contributed by atoms with Crippen LogP contribution in [0.25, 0.3) is 0 Å². The maximum Gasteiger partial charge on any atom is 0.174 e. The molecule has 0 aliphatic carbocycles. The number of carbonyl (C=O) groups excluding carboxylic acids is 1. The summed E-state index contributed by atoms with van der Waals surface area (Å²) in [5.74, 6) is -0.197. The topological polar surface area (TPSA) is 37.3 Å². The van der Waals surface area contributed by atoms with Gasteiger partial charge in [0.05, 0.1) is 5.33 Å². The van der Waals surface area contributed by atoms with Crippen molar-refractivity contribution in [3.8, 4) is 0 Å². The first-order valence-electron chi connectivity index (χ1n) is 2.30. The van der Waals surface area contributed by atoms with Crippen molar-refractivity contribution in [1.29, 1.82) is 0 Å². The number of carbonyl (C=O) groups is 1. The lowest BCUT2D eigenvalue weighted by Crippen LogP contribution is -2.31. The minimum atomic E-state index is -1.18. The van der Waals surface area contributed by atoms with Gasteiger partial charge in [0.1, 0.15) is 5.60 Å². The molecule has 2 nitrogen and oxygen atoms in total. The second-order valence-corrected chi connectivity index (χ2v) is 2.68. The molecular weight excluding hydrogens is 172 g/mol. The summed E-state index contributed by atoms with van der Waals surface area (Å²) in [4.78, 5) is 10.5. The molecule has 0 saturated carbocycles. The summed E-state index contributed by atoms with van der Waals surface area (Å²) >= 11 is 2.94. The molecule has 0 fully saturated rings. The summed E-state index contributed by atoms with van der Waals surface area (Å²) in [6.45, 7) is 2.94. The lowest BCUT2D eigenvalue weighted by molar-refractivity contribution is -0.131. The molecule has 3 heteroatoms. The van der Waals surface area contributed by atoms with Gasteiger partial charge < -0.3 is 5.11 Å². The summed E-state index contributed by atoms with van der Waals surface area (Å²) in [5.41, 5.74) is -1.18. The van der Waals surface area contributed by atoms with Crippen LogP contribution >= 0.6 is 15.9 Å². The van der Waals surface area contributed by atoms with Gasteiger partial charge in [0, 0.05) is 0 Å². The summed E-state index contributed by atoms with van der Waals surface area (Å²) in [5, 5.41) is 9.13. The van der Waals surface area contributed by atoms with Gasteiger partial charge in [-0.3, -0.25) is 4.79 Å². The van der Waals surface area contributed by atoms with Crippen molar-refractivity contribution in [1.82, 2.24) is 0 Å². The Morgan fingerprint density at radius 1 is 1.75 bits per heavy atom. The first-order valence-corrected chi connectivity index (χ1v) is 3.42. The Labute approximate surface area is 57.0 Å². The maximum absolute atomic E-state index is 10.5. The van der Waals surface area contributed by atoms with Gasteiger partial charge in [-0.25, -0.2) is 0 Å². The van der Waals surface area contributed by atoms with Crippen LogP contribution in [0.15, 0.2) is 0 Å². The van der Waals surface area contributed by atoms with E-state index < -0.39 is 5.60 Å². The molecule has 0 heterocycles. The van der Waals surface area contributed by atoms with Crippen LogP contribution in [-0.4, -0.2) is 21.8 Å². The average molecular weight is 181 g/mol. The third kappa shape index (κ3) is 2.43. The van der Waals surface area contributed by atoms with E-state index in [1.807, 2.05) is 0 Å². The van der Waals surface area contributed by atoms with Crippen molar-refractivity contribution in [3.63, 3.8) is 0 Å². The van der Waals surface area contributed by atoms with Gasteiger partial charge in [-0.1, -0.05) is 15.9 Å². The van der Waals surface area contributed by atoms with Crippen molar-refractivity contribution < 1.29 is 9.90 Å². The molecule has 0 rings (SSSR count). The van der Waals surface area contributed by atoms with E-state index >= 15 is 0 Å². The summed E-state index contributed by atoms with van der Waals surface area (Å²) in [6.07, 6.45) is 0. The van der Waals surface area contributed by atoms with Crippen LogP contribution in [-0.2, 0) is 4.79 Å². The van der Waals surface area contributed by atoms with E-state index in [4.69, 9.17) is 5.11 Å². The zero-order valence-corrected chi connectivity index (χ0v) is 6.53. The van der Waals surface area contributed by atoms with Crippen LogP contribution in [0.1, 0.15) is 13.8 Å². The van der Waals surface area contributed by atoms with Crippen molar-refractivity contribution >= 4 is 21.7 Å². The van der Waals surface area contributed by atoms with Gasteiger partial charge in [0.2, 0.25) is 0 Å².